The van der Waals surface area contributed by atoms with Crippen molar-refractivity contribution < 1.29 is 14.3 Å². The summed E-state index contributed by atoms with van der Waals surface area (Å²) in [6.45, 7) is 5.29. The molecule has 0 spiro atoms. The van der Waals surface area contributed by atoms with Gasteiger partial charge in [-0.1, -0.05) is 6.92 Å². The van der Waals surface area contributed by atoms with Crippen molar-refractivity contribution in [3.63, 3.8) is 0 Å². The van der Waals surface area contributed by atoms with E-state index in [1.165, 1.54) is 0 Å². The second kappa shape index (κ2) is 4.94. The number of cyclic esters (lactones) is 1. The summed E-state index contributed by atoms with van der Waals surface area (Å²) in [5, 5.41) is 0. The van der Waals surface area contributed by atoms with Crippen LogP contribution in [0.2, 0.25) is 0 Å². The van der Waals surface area contributed by atoms with Crippen molar-refractivity contribution in [2.45, 2.75) is 38.3 Å². The summed E-state index contributed by atoms with van der Waals surface area (Å²) in [7, 11) is 0. The van der Waals surface area contributed by atoms with Gasteiger partial charge in [0.15, 0.2) is 0 Å². The van der Waals surface area contributed by atoms with Gasteiger partial charge in [0.1, 0.15) is 6.04 Å². The number of hydrogen-bond acceptors (Lipinski definition) is 4. The van der Waals surface area contributed by atoms with E-state index < -0.39 is 0 Å². The van der Waals surface area contributed by atoms with Gasteiger partial charge in [0.05, 0.1) is 12.7 Å². The van der Waals surface area contributed by atoms with Gasteiger partial charge in [0, 0.05) is 19.6 Å². The van der Waals surface area contributed by atoms with Crippen LogP contribution in [0.1, 0.15) is 26.2 Å². The highest BCUT2D eigenvalue weighted by atomic mass is 16.5. The number of esters is 1. The van der Waals surface area contributed by atoms with Crippen LogP contribution >= 0.6 is 0 Å². The summed E-state index contributed by atoms with van der Waals surface area (Å²) in [6.07, 6.45) is 3.42. The Morgan fingerprint density at radius 1 is 1.40 bits per heavy atom. The zero-order chi connectivity index (χ0) is 10.7. The highest BCUT2D eigenvalue weighted by Gasteiger charge is 2.33. The molecule has 0 unspecified atom stereocenters. The lowest BCUT2D eigenvalue weighted by molar-refractivity contribution is -0.142. The number of rotatable bonds is 4. The molecule has 0 amide bonds. The third-order valence-electron chi connectivity index (χ3n) is 3.22. The predicted octanol–water partition coefficient (Wildman–Crippen LogP) is 0.803. The molecule has 2 heterocycles. The lowest BCUT2D eigenvalue weighted by Gasteiger charge is -2.26. The topological polar surface area (TPSA) is 38.8 Å². The third kappa shape index (κ3) is 2.49. The minimum Gasteiger partial charge on any atom is -0.464 e. The number of carbonyl (C=O) groups excluding carboxylic acids is 1. The summed E-state index contributed by atoms with van der Waals surface area (Å²) >= 11 is 0. The summed E-state index contributed by atoms with van der Waals surface area (Å²) in [5.74, 6) is -0.0603. The van der Waals surface area contributed by atoms with E-state index in [0.29, 0.717) is 12.7 Å². The fourth-order valence-corrected chi connectivity index (χ4v) is 2.34. The smallest absolute Gasteiger partial charge is 0.323 e. The van der Waals surface area contributed by atoms with Crippen LogP contribution in [0.3, 0.4) is 0 Å². The van der Waals surface area contributed by atoms with E-state index in [4.69, 9.17) is 9.47 Å². The zero-order valence-electron chi connectivity index (χ0n) is 9.28. The molecule has 2 atom stereocenters. The van der Waals surface area contributed by atoms with Gasteiger partial charge in [-0.3, -0.25) is 9.69 Å². The van der Waals surface area contributed by atoms with Crippen LogP contribution in [0.25, 0.3) is 0 Å². The molecule has 0 radical (unpaired) electrons. The van der Waals surface area contributed by atoms with Crippen LogP contribution in [-0.4, -0.2) is 49.3 Å². The Morgan fingerprint density at radius 3 is 2.80 bits per heavy atom. The van der Waals surface area contributed by atoms with Crippen molar-refractivity contribution in [1.82, 2.24) is 4.90 Å². The minimum atomic E-state index is -0.0603. The van der Waals surface area contributed by atoms with Gasteiger partial charge in [0.2, 0.25) is 0 Å². The van der Waals surface area contributed by atoms with E-state index in [1.54, 1.807) is 0 Å². The number of likely N-dealkylation sites (N-methyl/N-ethyl adjacent to an activating group) is 1. The molecule has 2 aliphatic rings. The summed E-state index contributed by atoms with van der Waals surface area (Å²) < 4.78 is 10.6. The second-order valence-corrected chi connectivity index (χ2v) is 4.19. The molecule has 86 valence electrons. The lowest BCUT2D eigenvalue weighted by atomic mass is 10.1. The van der Waals surface area contributed by atoms with E-state index in [2.05, 4.69) is 11.8 Å². The molecule has 0 bridgehead atoms. The molecule has 15 heavy (non-hydrogen) atoms. The van der Waals surface area contributed by atoms with E-state index in [0.717, 1.165) is 39.0 Å². The van der Waals surface area contributed by atoms with E-state index in [9.17, 15) is 4.79 Å². The maximum Gasteiger partial charge on any atom is 0.323 e. The normalized spacial score (nSPS) is 31.2. The van der Waals surface area contributed by atoms with Gasteiger partial charge in [-0.25, -0.2) is 0 Å². The monoisotopic (exact) mass is 213 g/mol. The van der Waals surface area contributed by atoms with E-state index in [-0.39, 0.29) is 12.0 Å². The van der Waals surface area contributed by atoms with Crippen molar-refractivity contribution in [2.24, 2.45) is 0 Å². The lowest BCUT2D eigenvalue weighted by Crippen LogP contribution is -2.42. The van der Waals surface area contributed by atoms with E-state index >= 15 is 0 Å². The first kappa shape index (κ1) is 10.9. The molecule has 0 aromatic carbocycles. The number of ether oxygens (including phenoxy) is 2. The molecule has 0 aliphatic carbocycles. The highest BCUT2D eigenvalue weighted by Crippen LogP contribution is 2.18. The Morgan fingerprint density at radius 2 is 2.27 bits per heavy atom. The fourth-order valence-electron chi connectivity index (χ4n) is 2.34. The molecule has 4 nitrogen and oxygen atoms in total. The molecule has 0 aromatic rings. The molecule has 4 heteroatoms. The first-order chi connectivity index (χ1) is 7.31. The van der Waals surface area contributed by atoms with Crippen molar-refractivity contribution in [3.8, 4) is 0 Å². The van der Waals surface area contributed by atoms with Gasteiger partial charge in [-0.15, -0.1) is 0 Å². The SMILES string of the molecule is CCN(C[C@@H]1CCCO1)[C@@H]1CCOC1=O. The average Bonchev–Trinajstić information content (AvgIpc) is 2.85. The Kier molecular flexibility index (Phi) is 3.59. The first-order valence-corrected chi connectivity index (χ1v) is 5.83. The van der Waals surface area contributed by atoms with Crippen molar-refractivity contribution in [1.29, 1.82) is 0 Å². The van der Waals surface area contributed by atoms with E-state index in [1.807, 2.05) is 0 Å². The molecule has 0 saturated carbocycles. The maximum absolute atomic E-state index is 11.4. The summed E-state index contributed by atoms with van der Waals surface area (Å²) in [6, 6.07) is -0.0285. The van der Waals surface area contributed by atoms with Crippen LogP contribution in [0.4, 0.5) is 0 Å². The van der Waals surface area contributed by atoms with Crippen molar-refractivity contribution in [2.75, 3.05) is 26.3 Å². The van der Waals surface area contributed by atoms with Crippen LogP contribution in [-0.2, 0) is 14.3 Å². The third-order valence-corrected chi connectivity index (χ3v) is 3.22. The molecule has 0 N–H and O–H groups in total. The van der Waals surface area contributed by atoms with Gasteiger partial charge < -0.3 is 9.47 Å². The molecule has 2 fully saturated rings. The Labute approximate surface area is 90.5 Å². The van der Waals surface area contributed by atoms with Gasteiger partial charge in [0.25, 0.3) is 0 Å². The average molecular weight is 213 g/mol. The standard InChI is InChI=1S/C11H19NO3/c1-2-12(8-9-4-3-6-14-9)10-5-7-15-11(10)13/h9-10H,2-8H2,1H3/t9-,10+/m0/s1. The molecular weight excluding hydrogens is 194 g/mol. The number of hydrogen-bond donors (Lipinski definition) is 0. The Balaban J connectivity index is 1.88. The Bertz CT molecular complexity index is 226. The summed E-state index contributed by atoms with van der Waals surface area (Å²) in [4.78, 5) is 13.6. The van der Waals surface area contributed by atoms with Crippen molar-refractivity contribution in [3.05, 3.63) is 0 Å². The number of carbonyl (C=O) groups is 1. The largest absolute Gasteiger partial charge is 0.464 e. The Hall–Kier alpha value is -0.610. The maximum atomic E-state index is 11.4. The van der Waals surface area contributed by atoms with Crippen LogP contribution in [0.5, 0.6) is 0 Å². The van der Waals surface area contributed by atoms with Crippen LogP contribution in [0, 0.1) is 0 Å². The fraction of sp³-hybridized carbons (Fsp3) is 0.909. The van der Waals surface area contributed by atoms with Crippen molar-refractivity contribution >= 4 is 5.97 Å². The molecule has 2 rings (SSSR count). The second-order valence-electron chi connectivity index (χ2n) is 4.19. The highest BCUT2D eigenvalue weighted by molar-refractivity contribution is 5.77. The molecule has 2 aliphatic heterocycles. The predicted molar refractivity (Wildman–Crippen MR) is 55.6 cm³/mol. The molecular formula is C11H19NO3. The van der Waals surface area contributed by atoms with Gasteiger partial charge in [-0.05, 0) is 19.4 Å². The van der Waals surface area contributed by atoms with Gasteiger partial charge in [-0.2, -0.15) is 0 Å². The number of nitrogens with zero attached hydrogens (tertiary/aromatic N) is 1. The zero-order valence-corrected chi connectivity index (χ0v) is 9.28. The quantitative estimate of drug-likeness (QED) is 0.648. The first-order valence-electron chi connectivity index (χ1n) is 5.83. The minimum absolute atomic E-state index is 0.0285. The van der Waals surface area contributed by atoms with Crippen LogP contribution in [0.15, 0.2) is 0 Å². The van der Waals surface area contributed by atoms with Gasteiger partial charge >= 0.3 is 5.97 Å². The molecule has 0 aromatic heterocycles. The summed E-state index contributed by atoms with van der Waals surface area (Å²) in [5.41, 5.74) is 0. The molecule has 2 saturated heterocycles. The van der Waals surface area contributed by atoms with Crippen LogP contribution < -0.4 is 0 Å².